The monoisotopic (exact) mass is 183 g/mol. The Morgan fingerprint density at radius 3 is 2.85 bits per heavy atom. The van der Waals surface area contributed by atoms with Crippen molar-refractivity contribution in [3.05, 3.63) is 11.1 Å². The van der Waals surface area contributed by atoms with E-state index in [1.165, 1.54) is 6.92 Å². The lowest BCUT2D eigenvalue weighted by Gasteiger charge is -2.02. The molecule has 0 aliphatic carbocycles. The van der Waals surface area contributed by atoms with Crippen LogP contribution in [0.15, 0.2) is 11.1 Å². The molecule has 1 rings (SSSR count). The summed E-state index contributed by atoms with van der Waals surface area (Å²) in [5, 5.41) is 2.69. The van der Waals surface area contributed by atoms with Gasteiger partial charge in [-0.15, -0.1) is 0 Å². The molecule has 1 heterocycles. The minimum Gasteiger partial charge on any atom is -0.461 e. The highest BCUT2D eigenvalue weighted by Gasteiger charge is 2.20. The summed E-state index contributed by atoms with van der Waals surface area (Å²) in [4.78, 5) is 21.7. The van der Waals surface area contributed by atoms with Gasteiger partial charge in [0.2, 0.25) is 5.91 Å². The van der Waals surface area contributed by atoms with Crippen LogP contribution in [-0.2, 0) is 14.3 Å². The molecule has 0 spiro atoms. The Morgan fingerprint density at radius 1 is 1.62 bits per heavy atom. The highest BCUT2D eigenvalue weighted by atomic mass is 16.5. The van der Waals surface area contributed by atoms with Gasteiger partial charge in [-0.25, -0.2) is 0 Å². The number of esters is 1. The molecule has 4 heteroatoms. The number of carbonyl (C=O) groups is 2. The van der Waals surface area contributed by atoms with Gasteiger partial charge in [0, 0.05) is 19.0 Å². The van der Waals surface area contributed by atoms with Crippen molar-refractivity contribution in [3.63, 3.8) is 0 Å². The summed E-state index contributed by atoms with van der Waals surface area (Å²) in [6, 6.07) is 0. The normalized spacial score (nSPS) is 16.0. The van der Waals surface area contributed by atoms with Crippen LogP contribution in [0, 0.1) is 0 Å². The standard InChI is InChI=1S/C9H13NO3/c1-3-8-7(4-10-9(8)12)5-13-6(2)11/h3-5H2,1-2H3,(H,10,12). The van der Waals surface area contributed by atoms with Crippen molar-refractivity contribution in [2.75, 3.05) is 13.2 Å². The second kappa shape index (κ2) is 4.07. The Kier molecular flexibility index (Phi) is 3.06. The van der Waals surface area contributed by atoms with E-state index in [1.54, 1.807) is 0 Å². The third-order valence-corrected chi connectivity index (χ3v) is 1.97. The zero-order valence-corrected chi connectivity index (χ0v) is 7.85. The van der Waals surface area contributed by atoms with Gasteiger partial charge in [-0.3, -0.25) is 9.59 Å². The first-order valence-electron chi connectivity index (χ1n) is 4.27. The summed E-state index contributed by atoms with van der Waals surface area (Å²) >= 11 is 0. The number of hydrogen-bond donors (Lipinski definition) is 1. The van der Waals surface area contributed by atoms with Gasteiger partial charge >= 0.3 is 5.97 Å². The third-order valence-electron chi connectivity index (χ3n) is 1.97. The number of nitrogens with one attached hydrogen (secondary N) is 1. The number of ether oxygens (including phenoxy) is 1. The van der Waals surface area contributed by atoms with Crippen LogP contribution < -0.4 is 5.32 Å². The van der Waals surface area contributed by atoms with E-state index in [2.05, 4.69) is 5.32 Å². The molecule has 1 N–H and O–H groups in total. The van der Waals surface area contributed by atoms with Gasteiger partial charge in [0.25, 0.3) is 0 Å². The van der Waals surface area contributed by atoms with Gasteiger partial charge in [-0.05, 0) is 12.0 Å². The van der Waals surface area contributed by atoms with Crippen molar-refractivity contribution in [2.24, 2.45) is 0 Å². The van der Waals surface area contributed by atoms with E-state index in [4.69, 9.17) is 4.74 Å². The summed E-state index contributed by atoms with van der Waals surface area (Å²) in [6.07, 6.45) is 0.683. The lowest BCUT2D eigenvalue weighted by atomic mass is 10.1. The zero-order valence-electron chi connectivity index (χ0n) is 7.85. The van der Waals surface area contributed by atoms with E-state index in [0.29, 0.717) is 13.0 Å². The molecule has 0 aromatic heterocycles. The largest absolute Gasteiger partial charge is 0.461 e. The van der Waals surface area contributed by atoms with Crippen LogP contribution in [0.25, 0.3) is 0 Å². The molecular formula is C9H13NO3. The van der Waals surface area contributed by atoms with Gasteiger partial charge in [0.15, 0.2) is 0 Å². The quantitative estimate of drug-likeness (QED) is 0.644. The fraction of sp³-hybridized carbons (Fsp3) is 0.556. The smallest absolute Gasteiger partial charge is 0.302 e. The lowest BCUT2D eigenvalue weighted by molar-refractivity contribution is -0.140. The molecule has 1 aliphatic heterocycles. The van der Waals surface area contributed by atoms with E-state index in [-0.39, 0.29) is 18.5 Å². The van der Waals surface area contributed by atoms with Crippen molar-refractivity contribution in [1.29, 1.82) is 0 Å². The Hall–Kier alpha value is -1.32. The Morgan fingerprint density at radius 2 is 2.31 bits per heavy atom. The molecule has 1 amide bonds. The second-order valence-corrected chi connectivity index (χ2v) is 2.90. The van der Waals surface area contributed by atoms with Gasteiger partial charge in [-0.2, -0.15) is 0 Å². The minimum absolute atomic E-state index is 0.0374. The van der Waals surface area contributed by atoms with Crippen molar-refractivity contribution < 1.29 is 14.3 Å². The van der Waals surface area contributed by atoms with E-state index in [0.717, 1.165) is 11.1 Å². The maximum atomic E-state index is 11.2. The maximum absolute atomic E-state index is 11.2. The van der Waals surface area contributed by atoms with Crippen LogP contribution >= 0.6 is 0 Å². The molecule has 0 unspecified atom stereocenters. The van der Waals surface area contributed by atoms with E-state index >= 15 is 0 Å². The zero-order chi connectivity index (χ0) is 9.84. The summed E-state index contributed by atoms with van der Waals surface area (Å²) in [5.74, 6) is -0.355. The molecule has 0 radical (unpaired) electrons. The summed E-state index contributed by atoms with van der Waals surface area (Å²) < 4.78 is 4.82. The Bertz CT molecular complexity index is 268. The average Bonchev–Trinajstić information content (AvgIpc) is 2.42. The van der Waals surface area contributed by atoms with Gasteiger partial charge in [-0.1, -0.05) is 6.92 Å². The first kappa shape index (κ1) is 9.77. The number of carbonyl (C=O) groups excluding carboxylic acids is 2. The molecule has 0 saturated carbocycles. The molecular weight excluding hydrogens is 170 g/mol. The summed E-state index contributed by atoms with van der Waals surface area (Å²) in [5.41, 5.74) is 1.64. The molecule has 72 valence electrons. The van der Waals surface area contributed by atoms with E-state index in [1.807, 2.05) is 6.92 Å². The van der Waals surface area contributed by atoms with E-state index in [9.17, 15) is 9.59 Å². The SMILES string of the molecule is CCC1=C(COC(C)=O)CNC1=O. The first-order chi connectivity index (χ1) is 6.15. The molecule has 0 aromatic rings. The number of hydrogen-bond acceptors (Lipinski definition) is 3. The van der Waals surface area contributed by atoms with Crippen molar-refractivity contribution in [1.82, 2.24) is 5.32 Å². The highest BCUT2D eigenvalue weighted by molar-refractivity contribution is 5.97. The molecule has 0 aromatic carbocycles. The van der Waals surface area contributed by atoms with Gasteiger partial charge < -0.3 is 10.1 Å². The molecule has 4 nitrogen and oxygen atoms in total. The molecule has 1 aliphatic rings. The Balaban J connectivity index is 2.61. The van der Waals surface area contributed by atoms with Crippen LogP contribution in [-0.4, -0.2) is 25.0 Å². The molecule has 0 fully saturated rings. The Labute approximate surface area is 76.9 Å². The van der Waals surface area contributed by atoms with Gasteiger partial charge in [0.05, 0.1) is 0 Å². The molecule has 0 saturated heterocycles. The third kappa shape index (κ3) is 2.31. The summed E-state index contributed by atoms with van der Waals surface area (Å²) in [6.45, 7) is 4.01. The van der Waals surface area contributed by atoms with Crippen LogP contribution in [0.2, 0.25) is 0 Å². The molecule has 0 atom stereocenters. The highest BCUT2D eigenvalue weighted by Crippen LogP contribution is 2.14. The lowest BCUT2D eigenvalue weighted by Crippen LogP contribution is -2.17. The molecule has 0 bridgehead atoms. The average molecular weight is 183 g/mol. The number of amides is 1. The predicted octanol–water partition coefficient (Wildman–Crippen LogP) is 0.386. The number of rotatable bonds is 3. The second-order valence-electron chi connectivity index (χ2n) is 2.90. The minimum atomic E-state index is -0.317. The fourth-order valence-electron chi connectivity index (χ4n) is 1.30. The molecule has 13 heavy (non-hydrogen) atoms. The van der Waals surface area contributed by atoms with Crippen LogP contribution in [0.3, 0.4) is 0 Å². The predicted molar refractivity (Wildman–Crippen MR) is 47.0 cm³/mol. The van der Waals surface area contributed by atoms with Crippen LogP contribution in [0.1, 0.15) is 20.3 Å². The first-order valence-corrected chi connectivity index (χ1v) is 4.27. The summed E-state index contributed by atoms with van der Waals surface area (Å²) in [7, 11) is 0. The van der Waals surface area contributed by atoms with Crippen molar-refractivity contribution >= 4 is 11.9 Å². The van der Waals surface area contributed by atoms with Crippen molar-refractivity contribution in [3.8, 4) is 0 Å². The van der Waals surface area contributed by atoms with E-state index < -0.39 is 0 Å². The fourth-order valence-corrected chi connectivity index (χ4v) is 1.30. The maximum Gasteiger partial charge on any atom is 0.302 e. The topological polar surface area (TPSA) is 55.4 Å². The van der Waals surface area contributed by atoms with Crippen LogP contribution in [0.4, 0.5) is 0 Å². The van der Waals surface area contributed by atoms with Gasteiger partial charge in [0.1, 0.15) is 6.61 Å². The van der Waals surface area contributed by atoms with Crippen molar-refractivity contribution in [2.45, 2.75) is 20.3 Å². The van der Waals surface area contributed by atoms with Crippen LogP contribution in [0.5, 0.6) is 0 Å².